The van der Waals surface area contributed by atoms with Crippen molar-refractivity contribution in [2.45, 2.75) is 12.5 Å². The van der Waals surface area contributed by atoms with Gasteiger partial charge in [0.05, 0.1) is 38.4 Å². The zero-order valence-corrected chi connectivity index (χ0v) is 12.5. The van der Waals surface area contributed by atoms with E-state index in [0.717, 1.165) is 0 Å². The third-order valence-corrected chi connectivity index (χ3v) is 3.28. The predicted octanol–water partition coefficient (Wildman–Crippen LogP) is 2.15. The molecule has 0 bridgehead atoms. The first-order valence-electron chi connectivity index (χ1n) is 6.86. The summed E-state index contributed by atoms with van der Waals surface area (Å²) in [4.78, 5) is 12.2. The summed E-state index contributed by atoms with van der Waals surface area (Å²) in [6.45, 7) is 0.325. The Balaban J connectivity index is 1.95. The maximum atomic E-state index is 12.2. The van der Waals surface area contributed by atoms with Crippen molar-refractivity contribution in [1.29, 1.82) is 0 Å². The molecule has 1 amide bonds. The minimum Gasteiger partial charge on any atom is -0.493 e. The number of furan rings is 1. The van der Waals surface area contributed by atoms with Gasteiger partial charge >= 0.3 is 0 Å². The third-order valence-electron chi connectivity index (χ3n) is 3.28. The van der Waals surface area contributed by atoms with Gasteiger partial charge in [-0.3, -0.25) is 4.79 Å². The van der Waals surface area contributed by atoms with Gasteiger partial charge < -0.3 is 24.3 Å². The molecule has 2 N–H and O–H groups in total. The average molecular weight is 305 g/mol. The lowest BCUT2D eigenvalue weighted by Crippen LogP contribution is -2.26. The number of rotatable bonds is 7. The Morgan fingerprint density at radius 1 is 1.32 bits per heavy atom. The van der Waals surface area contributed by atoms with Gasteiger partial charge in [0.2, 0.25) is 0 Å². The zero-order valence-electron chi connectivity index (χ0n) is 12.5. The number of amides is 1. The van der Waals surface area contributed by atoms with Crippen molar-refractivity contribution in [3.05, 3.63) is 47.9 Å². The summed E-state index contributed by atoms with van der Waals surface area (Å²) in [6.07, 6.45) is 2.69. The molecule has 0 fully saturated rings. The minimum atomic E-state index is -0.675. The van der Waals surface area contributed by atoms with Crippen LogP contribution in [0.3, 0.4) is 0 Å². The van der Waals surface area contributed by atoms with Gasteiger partial charge in [-0.15, -0.1) is 0 Å². The van der Waals surface area contributed by atoms with Gasteiger partial charge in [-0.05, 0) is 24.6 Å². The van der Waals surface area contributed by atoms with E-state index in [1.165, 1.54) is 26.7 Å². The van der Waals surface area contributed by atoms with Crippen molar-refractivity contribution in [1.82, 2.24) is 5.32 Å². The standard InChI is InChI=1S/C16H19NO5/c1-20-14-5-3-4-12(15(14)21-2)16(19)17-8-6-13(18)11-7-9-22-10-11/h3-5,7,9-10,13,18H,6,8H2,1-2H3,(H,17,19). The van der Waals surface area contributed by atoms with Gasteiger partial charge in [-0.25, -0.2) is 0 Å². The first-order valence-corrected chi connectivity index (χ1v) is 6.86. The second-order valence-electron chi connectivity index (χ2n) is 4.66. The number of methoxy groups -OCH3 is 2. The number of hydrogen-bond acceptors (Lipinski definition) is 5. The molecule has 2 aromatic rings. The van der Waals surface area contributed by atoms with Crippen molar-refractivity contribution >= 4 is 5.91 Å². The van der Waals surface area contributed by atoms with Crippen LogP contribution in [0.5, 0.6) is 11.5 Å². The van der Waals surface area contributed by atoms with Crippen LogP contribution in [0.25, 0.3) is 0 Å². The van der Waals surface area contributed by atoms with E-state index in [4.69, 9.17) is 13.9 Å². The molecule has 6 nitrogen and oxygen atoms in total. The second-order valence-corrected chi connectivity index (χ2v) is 4.66. The lowest BCUT2D eigenvalue weighted by atomic mass is 10.1. The summed E-state index contributed by atoms with van der Waals surface area (Å²) < 4.78 is 15.3. The van der Waals surface area contributed by atoms with E-state index in [1.807, 2.05) is 0 Å². The van der Waals surface area contributed by atoms with E-state index in [9.17, 15) is 9.90 Å². The molecule has 0 saturated carbocycles. The molecule has 118 valence electrons. The Morgan fingerprint density at radius 3 is 2.77 bits per heavy atom. The first-order chi connectivity index (χ1) is 10.7. The molecule has 0 spiro atoms. The Bertz CT molecular complexity index is 609. The first kappa shape index (κ1) is 15.9. The number of benzene rings is 1. The summed E-state index contributed by atoms with van der Waals surface area (Å²) >= 11 is 0. The molecule has 1 atom stereocenters. The molecule has 1 unspecified atom stereocenters. The SMILES string of the molecule is COc1cccc(C(=O)NCCC(O)c2ccoc2)c1OC. The predicted molar refractivity (Wildman–Crippen MR) is 80.2 cm³/mol. The molecule has 1 heterocycles. The van der Waals surface area contributed by atoms with Crippen molar-refractivity contribution in [3.63, 3.8) is 0 Å². The van der Waals surface area contributed by atoms with Crippen LogP contribution < -0.4 is 14.8 Å². The monoisotopic (exact) mass is 305 g/mol. The fourth-order valence-electron chi connectivity index (χ4n) is 2.11. The molecule has 1 aromatic heterocycles. The molecule has 0 aliphatic carbocycles. The summed E-state index contributed by atoms with van der Waals surface area (Å²) in [6, 6.07) is 6.79. The molecular weight excluding hydrogens is 286 g/mol. The highest BCUT2D eigenvalue weighted by Crippen LogP contribution is 2.30. The molecule has 1 aromatic carbocycles. The highest BCUT2D eigenvalue weighted by Gasteiger charge is 2.16. The van der Waals surface area contributed by atoms with E-state index in [2.05, 4.69) is 5.32 Å². The maximum Gasteiger partial charge on any atom is 0.255 e. The van der Waals surface area contributed by atoms with E-state index < -0.39 is 6.10 Å². The van der Waals surface area contributed by atoms with Crippen LogP contribution in [0.15, 0.2) is 41.2 Å². The average Bonchev–Trinajstić information content (AvgIpc) is 3.08. The number of carbonyl (C=O) groups is 1. The Kier molecular flexibility index (Phi) is 5.43. The number of aliphatic hydroxyl groups excluding tert-OH is 1. The second kappa shape index (κ2) is 7.51. The van der Waals surface area contributed by atoms with Gasteiger partial charge in [-0.2, -0.15) is 0 Å². The van der Waals surface area contributed by atoms with Gasteiger partial charge in [0, 0.05) is 12.1 Å². The molecule has 22 heavy (non-hydrogen) atoms. The number of hydrogen-bond donors (Lipinski definition) is 2. The fourth-order valence-corrected chi connectivity index (χ4v) is 2.11. The quantitative estimate of drug-likeness (QED) is 0.819. The Labute approximate surface area is 128 Å². The van der Waals surface area contributed by atoms with E-state index in [0.29, 0.717) is 35.6 Å². The number of ether oxygens (including phenoxy) is 2. The minimum absolute atomic E-state index is 0.282. The third kappa shape index (κ3) is 3.59. The molecule has 0 saturated heterocycles. The molecule has 6 heteroatoms. The zero-order chi connectivity index (χ0) is 15.9. The van der Waals surface area contributed by atoms with Crippen molar-refractivity contribution in [2.24, 2.45) is 0 Å². The molecular formula is C16H19NO5. The number of para-hydroxylation sites is 1. The smallest absolute Gasteiger partial charge is 0.255 e. The number of aliphatic hydroxyl groups is 1. The van der Waals surface area contributed by atoms with Crippen LogP contribution in [0.2, 0.25) is 0 Å². The molecule has 0 radical (unpaired) electrons. The van der Waals surface area contributed by atoms with Crippen LogP contribution in [0.4, 0.5) is 0 Å². The van der Waals surface area contributed by atoms with E-state index in [-0.39, 0.29) is 5.91 Å². The Morgan fingerprint density at radius 2 is 2.14 bits per heavy atom. The van der Waals surface area contributed by atoms with E-state index in [1.54, 1.807) is 24.3 Å². The largest absolute Gasteiger partial charge is 0.493 e. The van der Waals surface area contributed by atoms with Crippen LogP contribution >= 0.6 is 0 Å². The summed E-state index contributed by atoms with van der Waals surface area (Å²) in [5, 5.41) is 12.7. The highest BCUT2D eigenvalue weighted by molar-refractivity contribution is 5.97. The number of nitrogens with one attached hydrogen (secondary N) is 1. The topological polar surface area (TPSA) is 80.9 Å². The van der Waals surface area contributed by atoms with Gasteiger partial charge in [0.25, 0.3) is 5.91 Å². The van der Waals surface area contributed by atoms with Gasteiger partial charge in [0.15, 0.2) is 11.5 Å². The summed E-state index contributed by atoms with van der Waals surface area (Å²) in [7, 11) is 3.00. The van der Waals surface area contributed by atoms with Gasteiger partial charge in [0.1, 0.15) is 0 Å². The van der Waals surface area contributed by atoms with Gasteiger partial charge in [-0.1, -0.05) is 6.07 Å². The maximum absolute atomic E-state index is 12.2. The van der Waals surface area contributed by atoms with Crippen molar-refractivity contribution < 1.29 is 23.8 Å². The normalized spacial score (nSPS) is 11.8. The lowest BCUT2D eigenvalue weighted by molar-refractivity contribution is 0.0939. The van der Waals surface area contributed by atoms with Crippen LogP contribution in [0.1, 0.15) is 28.4 Å². The molecule has 2 rings (SSSR count). The molecule has 0 aliphatic heterocycles. The summed E-state index contributed by atoms with van der Waals surface area (Å²) in [5.74, 6) is 0.599. The van der Waals surface area contributed by atoms with Crippen LogP contribution in [-0.4, -0.2) is 31.8 Å². The summed E-state index contributed by atoms with van der Waals surface area (Å²) in [5.41, 5.74) is 1.08. The Hall–Kier alpha value is -2.47. The number of carbonyl (C=O) groups excluding carboxylic acids is 1. The fraction of sp³-hybridized carbons (Fsp3) is 0.312. The molecule has 0 aliphatic rings. The highest BCUT2D eigenvalue weighted by atomic mass is 16.5. The van der Waals surface area contributed by atoms with Crippen LogP contribution in [0, 0.1) is 0 Å². The lowest BCUT2D eigenvalue weighted by Gasteiger charge is -2.13. The van der Waals surface area contributed by atoms with Crippen LogP contribution in [-0.2, 0) is 0 Å². The van der Waals surface area contributed by atoms with Crippen molar-refractivity contribution in [2.75, 3.05) is 20.8 Å². The van der Waals surface area contributed by atoms with Crippen molar-refractivity contribution in [3.8, 4) is 11.5 Å². The van der Waals surface area contributed by atoms with E-state index >= 15 is 0 Å².